The lowest BCUT2D eigenvalue weighted by Crippen LogP contribution is -2.17. The monoisotopic (exact) mass is 341 g/mol. The molecule has 0 aliphatic rings. The molecule has 0 fully saturated rings. The van der Waals surface area contributed by atoms with Crippen LogP contribution < -0.4 is 10.5 Å². The van der Waals surface area contributed by atoms with Crippen LogP contribution in [0.5, 0.6) is 0 Å². The molecule has 1 heterocycles. The summed E-state index contributed by atoms with van der Waals surface area (Å²) in [6.45, 7) is 1.84. The van der Waals surface area contributed by atoms with Gasteiger partial charge in [0.05, 0.1) is 17.9 Å². The van der Waals surface area contributed by atoms with Gasteiger partial charge in [-0.3, -0.25) is 4.72 Å². The Labute approximate surface area is 132 Å². The van der Waals surface area contributed by atoms with Crippen molar-refractivity contribution in [2.45, 2.75) is 12.7 Å². The lowest BCUT2D eigenvalue weighted by Gasteiger charge is -2.09. The summed E-state index contributed by atoms with van der Waals surface area (Å²) in [5.41, 5.74) is 7.95. The molecule has 9 heteroatoms. The number of nitrogen functional groups attached to an aromatic ring is 1. The number of aromatic nitrogens is 1. The third kappa shape index (κ3) is 3.95. The van der Waals surface area contributed by atoms with Gasteiger partial charge in [0.2, 0.25) is 10.0 Å². The van der Waals surface area contributed by atoms with Crippen molar-refractivity contribution in [3.05, 3.63) is 41.0 Å². The summed E-state index contributed by atoms with van der Waals surface area (Å²) in [6.07, 6.45) is 0. The van der Waals surface area contributed by atoms with E-state index in [9.17, 15) is 13.2 Å². The minimum atomic E-state index is -3.72. The predicted molar refractivity (Wildman–Crippen MR) is 85.2 cm³/mol. The van der Waals surface area contributed by atoms with E-state index in [1.165, 1.54) is 5.51 Å². The van der Waals surface area contributed by atoms with Crippen LogP contribution >= 0.6 is 11.3 Å². The molecule has 118 valence electrons. The molecule has 0 radical (unpaired) electrons. The van der Waals surface area contributed by atoms with Crippen molar-refractivity contribution in [2.75, 3.05) is 17.1 Å². The molecule has 1 aromatic heterocycles. The Balaban J connectivity index is 2.18. The predicted octanol–water partition coefficient (Wildman–Crippen LogP) is 1.84. The maximum Gasteiger partial charge on any atom is 0.360 e. The average Bonchev–Trinajstić information content (AvgIpc) is 2.89. The van der Waals surface area contributed by atoms with Crippen molar-refractivity contribution in [2.24, 2.45) is 0 Å². The Morgan fingerprint density at radius 1 is 1.41 bits per heavy atom. The van der Waals surface area contributed by atoms with Crippen LogP contribution in [-0.2, 0) is 20.5 Å². The molecule has 0 saturated heterocycles. The number of carbonyl (C=O) groups excluding carboxylic acids is 1. The largest absolute Gasteiger partial charge is 0.461 e. The van der Waals surface area contributed by atoms with Crippen LogP contribution in [0.25, 0.3) is 0 Å². The third-order valence-electron chi connectivity index (χ3n) is 2.69. The summed E-state index contributed by atoms with van der Waals surface area (Å²) >= 11 is 1.01. The molecule has 0 atom stereocenters. The average molecular weight is 341 g/mol. The van der Waals surface area contributed by atoms with Gasteiger partial charge in [-0.25, -0.2) is 18.2 Å². The van der Waals surface area contributed by atoms with Gasteiger partial charge in [0.1, 0.15) is 5.00 Å². The van der Waals surface area contributed by atoms with Crippen LogP contribution in [-0.4, -0.2) is 26.0 Å². The normalized spacial score (nSPS) is 11.1. The van der Waals surface area contributed by atoms with Gasteiger partial charge in [-0.2, -0.15) is 0 Å². The van der Waals surface area contributed by atoms with Crippen LogP contribution in [0, 0.1) is 0 Å². The van der Waals surface area contributed by atoms with Crippen molar-refractivity contribution >= 4 is 38.0 Å². The molecule has 2 aromatic rings. The Morgan fingerprint density at radius 3 is 2.82 bits per heavy atom. The molecule has 1 aromatic carbocycles. The highest BCUT2D eigenvalue weighted by atomic mass is 32.2. The molecule has 0 amide bonds. The molecule has 0 saturated carbocycles. The smallest absolute Gasteiger partial charge is 0.360 e. The zero-order valence-electron chi connectivity index (χ0n) is 11.8. The van der Waals surface area contributed by atoms with E-state index in [1.807, 2.05) is 0 Å². The summed E-state index contributed by atoms with van der Waals surface area (Å²) in [6, 6.07) is 6.69. The van der Waals surface area contributed by atoms with Crippen LogP contribution in [0.1, 0.15) is 23.0 Å². The standard InChI is InChI=1S/C13H15N3O4S2/c1-2-20-13(17)11-12(21-8-15-11)16-22(18,19)7-9-5-3-4-6-10(9)14/h3-6,8,16H,2,7,14H2,1H3. The fourth-order valence-electron chi connectivity index (χ4n) is 1.71. The molecule has 2 rings (SSSR count). The molecular formula is C13H15N3O4S2. The van der Waals surface area contributed by atoms with Crippen LogP contribution in [0.2, 0.25) is 0 Å². The number of nitrogens with one attached hydrogen (secondary N) is 1. The van der Waals surface area contributed by atoms with Crippen LogP contribution in [0.4, 0.5) is 10.7 Å². The minimum Gasteiger partial charge on any atom is -0.461 e. The van der Waals surface area contributed by atoms with E-state index >= 15 is 0 Å². The fraction of sp³-hybridized carbons (Fsp3) is 0.231. The Morgan fingerprint density at radius 2 is 2.14 bits per heavy atom. The molecule has 7 nitrogen and oxygen atoms in total. The number of nitrogens with zero attached hydrogens (tertiary/aromatic N) is 1. The number of anilines is 2. The molecule has 0 aliphatic carbocycles. The molecule has 0 spiro atoms. The summed E-state index contributed by atoms with van der Waals surface area (Å²) in [7, 11) is -3.72. The fourth-order valence-corrected chi connectivity index (χ4v) is 3.92. The number of para-hydroxylation sites is 1. The van der Waals surface area contributed by atoms with E-state index in [-0.39, 0.29) is 23.1 Å². The van der Waals surface area contributed by atoms with Gasteiger partial charge in [0, 0.05) is 5.69 Å². The summed E-state index contributed by atoms with van der Waals surface area (Å²) in [4.78, 5) is 15.5. The third-order valence-corrected chi connectivity index (χ3v) is 4.76. The summed E-state index contributed by atoms with van der Waals surface area (Å²) in [5.74, 6) is -0.958. The topological polar surface area (TPSA) is 111 Å². The maximum atomic E-state index is 12.2. The second-order valence-corrected chi connectivity index (χ2v) is 6.89. The molecule has 3 N–H and O–H groups in total. The van der Waals surface area contributed by atoms with Crippen molar-refractivity contribution in [3.63, 3.8) is 0 Å². The highest BCUT2D eigenvalue weighted by Gasteiger charge is 2.21. The van der Waals surface area contributed by atoms with E-state index < -0.39 is 16.0 Å². The van der Waals surface area contributed by atoms with E-state index in [4.69, 9.17) is 10.5 Å². The first-order chi connectivity index (χ1) is 10.4. The van der Waals surface area contributed by atoms with Gasteiger partial charge in [-0.15, -0.1) is 11.3 Å². The van der Waals surface area contributed by atoms with Crippen molar-refractivity contribution in [1.82, 2.24) is 4.98 Å². The minimum absolute atomic E-state index is 0.0449. The Kier molecular flexibility index (Phi) is 4.99. The Bertz CT molecular complexity index is 771. The highest BCUT2D eigenvalue weighted by molar-refractivity contribution is 7.92. The van der Waals surface area contributed by atoms with Crippen molar-refractivity contribution in [1.29, 1.82) is 0 Å². The number of thiazole rings is 1. The van der Waals surface area contributed by atoms with E-state index in [1.54, 1.807) is 31.2 Å². The van der Waals surface area contributed by atoms with Gasteiger partial charge in [-0.05, 0) is 18.6 Å². The van der Waals surface area contributed by atoms with Gasteiger partial charge in [-0.1, -0.05) is 18.2 Å². The number of hydrogen-bond acceptors (Lipinski definition) is 7. The zero-order chi connectivity index (χ0) is 16.2. The summed E-state index contributed by atoms with van der Waals surface area (Å²) < 4.78 is 31.6. The molecular weight excluding hydrogens is 326 g/mol. The van der Waals surface area contributed by atoms with Gasteiger partial charge in [0.15, 0.2) is 5.69 Å². The van der Waals surface area contributed by atoms with Crippen molar-refractivity contribution < 1.29 is 17.9 Å². The number of sulfonamides is 1. The first kappa shape index (κ1) is 16.2. The lowest BCUT2D eigenvalue weighted by atomic mass is 10.2. The van der Waals surface area contributed by atoms with E-state index in [2.05, 4.69) is 9.71 Å². The zero-order valence-corrected chi connectivity index (χ0v) is 13.4. The second kappa shape index (κ2) is 6.75. The molecule has 0 aliphatic heterocycles. The molecule has 0 unspecified atom stereocenters. The first-order valence-electron chi connectivity index (χ1n) is 6.37. The van der Waals surface area contributed by atoms with E-state index in [0.717, 1.165) is 11.3 Å². The quantitative estimate of drug-likeness (QED) is 0.612. The van der Waals surface area contributed by atoms with Gasteiger partial charge in [0.25, 0.3) is 0 Å². The molecule has 0 bridgehead atoms. The highest BCUT2D eigenvalue weighted by Crippen LogP contribution is 2.24. The van der Waals surface area contributed by atoms with Crippen LogP contribution in [0.15, 0.2) is 29.8 Å². The van der Waals surface area contributed by atoms with Gasteiger partial charge < -0.3 is 10.5 Å². The number of nitrogens with two attached hydrogens (primary N) is 1. The number of esters is 1. The number of rotatable bonds is 6. The van der Waals surface area contributed by atoms with Gasteiger partial charge >= 0.3 is 5.97 Å². The number of benzene rings is 1. The molecule has 22 heavy (non-hydrogen) atoms. The second-order valence-electron chi connectivity index (χ2n) is 4.31. The first-order valence-corrected chi connectivity index (χ1v) is 8.90. The maximum absolute atomic E-state index is 12.2. The Hall–Kier alpha value is -2.13. The van der Waals surface area contributed by atoms with Crippen LogP contribution in [0.3, 0.4) is 0 Å². The lowest BCUT2D eigenvalue weighted by molar-refractivity contribution is 0.0521. The van der Waals surface area contributed by atoms with Crippen molar-refractivity contribution in [3.8, 4) is 0 Å². The number of carbonyl (C=O) groups is 1. The summed E-state index contributed by atoms with van der Waals surface area (Å²) in [5, 5.41) is 0.132. The number of hydrogen-bond donors (Lipinski definition) is 2. The SMILES string of the molecule is CCOC(=O)c1ncsc1NS(=O)(=O)Cc1ccccc1N. The number of ether oxygens (including phenoxy) is 1. The van der Waals surface area contributed by atoms with E-state index in [0.29, 0.717) is 11.3 Å².